The zero-order chi connectivity index (χ0) is 13.5. The molecule has 0 aromatic heterocycles. The van der Waals surface area contributed by atoms with Crippen LogP contribution in [0.3, 0.4) is 0 Å². The summed E-state index contributed by atoms with van der Waals surface area (Å²) in [7, 11) is 0. The van der Waals surface area contributed by atoms with Crippen molar-refractivity contribution in [2.75, 3.05) is 6.54 Å². The lowest BCUT2D eigenvalue weighted by Crippen LogP contribution is -2.32. The molecule has 0 saturated heterocycles. The summed E-state index contributed by atoms with van der Waals surface area (Å²) in [4.78, 5) is 21.9. The van der Waals surface area contributed by atoms with Gasteiger partial charge in [-0.05, 0) is 24.1 Å². The van der Waals surface area contributed by atoms with E-state index in [2.05, 4.69) is 5.32 Å². The van der Waals surface area contributed by atoms with Crippen molar-refractivity contribution in [3.8, 4) is 0 Å². The highest BCUT2D eigenvalue weighted by Crippen LogP contribution is 2.04. The number of carbonyl (C=O) groups excluding carboxylic acids is 1. The molecular formula is C13H16FNO3. The summed E-state index contributed by atoms with van der Waals surface area (Å²) in [6, 6.07) is 6.15. The summed E-state index contributed by atoms with van der Waals surface area (Å²) in [5.41, 5.74) is 0.793. The fourth-order valence-electron chi connectivity index (χ4n) is 1.55. The summed E-state index contributed by atoms with van der Waals surface area (Å²) in [6.45, 7) is 1.93. The van der Waals surface area contributed by atoms with E-state index in [0.717, 1.165) is 5.56 Å². The Morgan fingerprint density at radius 1 is 1.44 bits per heavy atom. The van der Waals surface area contributed by atoms with Gasteiger partial charge in [0.2, 0.25) is 5.91 Å². The van der Waals surface area contributed by atoms with Crippen molar-refractivity contribution < 1.29 is 19.1 Å². The van der Waals surface area contributed by atoms with Gasteiger partial charge in [-0.2, -0.15) is 0 Å². The van der Waals surface area contributed by atoms with Crippen LogP contribution in [-0.2, 0) is 16.0 Å². The number of aliphatic carboxylic acids is 1. The van der Waals surface area contributed by atoms with Crippen LogP contribution in [0, 0.1) is 11.7 Å². The van der Waals surface area contributed by atoms with E-state index in [4.69, 9.17) is 5.11 Å². The van der Waals surface area contributed by atoms with Gasteiger partial charge >= 0.3 is 5.97 Å². The standard InChI is InChI=1S/C13H16FNO3/c1-9(7-12(16)17)13(18)15-6-5-10-3-2-4-11(14)8-10/h2-4,8-9H,5-7H2,1H3,(H,15,18)(H,16,17). The molecule has 0 fully saturated rings. The van der Waals surface area contributed by atoms with Gasteiger partial charge in [0.15, 0.2) is 0 Å². The van der Waals surface area contributed by atoms with Gasteiger partial charge in [-0.3, -0.25) is 9.59 Å². The minimum absolute atomic E-state index is 0.189. The minimum Gasteiger partial charge on any atom is -0.481 e. The van der Waals surface area contributed by atoms with Crippen molar-refractivity contribution in [1.82, 2.24) is 5.32 Å². The lowest BCUT2D eigenvalue weighted by Gasteiger charge is -2.10. The third-order valence-corrected chi connectivity index (χ3v) is 2.53. The van der Waals surface area contributed by atoms with E-state index in [1.165, 1.54) is 12.1 Å². The summed E-state index contributed by atoms with van der Waals surface area (Å²) in [5.74, 6) is -2.16. The van der Waals surface area contributed by atoms with E-state index >= 15 is 0 Å². The predicted octanol–water partition coefficient (Wildman–Crippen LogP) is 1.60. The maximum absolute atomic E-state index is 12.9. The smallest absolute Gasteiger partial charge is 0.304 e. The van der Waals surface area contributed by atoms with E-state index in [-0.39, 0.29) is 18.1 Å². The van der Waals surface area contributed by atoms with Gasteiger partial charge in [0.1, 0.15) is 5.82 Å². The van der Waals surface area contributed by atoms with Crippen molar-refractivity contribution >= 4 is 11.9 Å². The molecule has 0 bridgehead atoms. The van der Waals surface area contributed by atoms with Crippen LogP contribution < -0.4 is 5.32 Å². The van der Waals surface area contributed by atoms with Gasteiger partial charge in [-0.25, -0.2) is 4.39 Å². The number of carbonyl (C=O) groups is 2. The Morgan fingerprint density at radius 3 is 2.78 bits per heavy atom. The highest BCUT2D eigenvalue weighted by atomic mass is 19.1. The maximum Gasteiger partial charge on any atom is 0.304 e. The van der Waals surface area contributed by atoms with E-state index < -0.39 is 11.9 Å². The predicted molar refractivity (Wildman–Crippen MR) is 64.5 cm³/mol. The molecule has 0 heterocycles. The number of hydrogen-bond donors (Lipinski definition) is 2. The van der Waals surface area contributed by atoms with E-state index in [1.807, 2.05) is 0 Å². The van der Waals surface area contributed by atoms with E-state index in [1.54, 1.807) is 19.1 Å². The van der Waals surface area contributed by atoms with Crippen LogP contribution in [-0.4, -0.2) is 23.5 Å². The first-order valence-corrected chi connectivity index (χ1v) is 5.73. The molecule has 0 spiro atoms. The first kappa shape index (κ1) is 14.2. The van der Waals surface area contributed by atoms with Gasteiger partial charge in [0, 0.05) is 12.5 Å². The third-order valence-electron chi connectivity index (χ3n) is 2.53. The minimum atomic E-state index is -0.997. The summed E-state index contributed by atoms with van der Waals surface area (Å²) in [6.07, 6.45) is 0.328. The number of rotatable bonds is 6. The molecule has 1 atom stereocenters. The van der Waals surface area contributed by atoms with Crippen LogP contribution in [0.5, 0.6) is 0 Å². The fraction of sp³-hybridized carbons (Fsp3) is 0.385. The van der Waals surface area contributed by atoms with Crippen LogP contribution >= 0.6 is 0 Å². The van der Waals surface area contributed by atoms with Crippen LogP contribution in [0.1, 0.15) is 18.9 Å². The molecule has 0 radical (unpaired) electrons. The largest absolute Gasteiger partial charge is 0.481 e. The van der Waals surface area contributed by atoms with Gasteiger partial charge in [0.25, 0.3) is 0 Å². The summed E-state index contributed by atoms with van der Waals surface area (Å²) < 4.78 is 12.9. The second-order valence-electron chi connectivity index (χ2n) is 4.17. The number of amides is 1. The Morgan fingerprint density at radius 2 is 2.17 bits per heavy atom. The molecule has 2 N–H and O–H groups in total. The van der Waals surface area contributed by atoms with Crippen LogP contribution in [0.15, 0.2) is 24.3 Å². The first-order valence-electron chi connectivity index (χ1n) is 5.73. The molecule has 18 heavy (non-hydrogen) atoms. The number of halogens is 1. The molecule has 0 saturated carbocycles. The third kappa shape index (κ3) is 4.95. The average Bonchev–Trinajstić information content (AvgIpc) is 2.28. The van der Waals surface area contributed by atoms with Gasteiger partial charge < -0.3 is 10.4 Å². The van der Waals surface area contributed by atoms with Gasteiger partial charge in [0.05, 0.1) is 6.42 Å². The van der Waals surface area contributed by atoms with Crippen LogP contribution in [0.2, 0.25) is 0 Å². The second-order valence-corrected chi connectivity index (χ2v) is 4.17. The molecule has 4 nitrogen and oxygen atoms in total. The van der Waals surface area contributed by atoms with Crippen LogP contribution in [0.25, 0.3) is 0 Å². The Balaban J connectivity index is 2.33. The molecular weight excluding hydrogens is 237 g/mol. The molecule has 1 unspecified atom stereocenters. The molecule has 0 aliphatic rings. The topological polar surface area (TPSA) is 66.4 Å². The molecule has 5 heteroatoms. The lowest BCUT2D eigenvalue weighted by atomic mass is 10.1. The van der Waals surface area contributed by atoms with E-state index in [0.29, 0.717) is 13.0 Å². The average molecular weight is 253 g/mol. The quantitative estimate of drug-likeness (QED) is 0.809. The van der Waals surface area contributed by atoms with Crippen LogP contribution in [0.4, 0.5) is 4.39 Å². The van der Waals surface area contributed by atoms with Crippen molar-refractivity contribution in [2.24, 2.45) is 5.92 Å². The zero-order valence-electron chi connectivity index (χ0n) is 10.1. The Hall–Kier alpha value is -1.91. The lowest BCUT2D eigenvalue weighted by molar-refractivity contribution is -0.140. The molecule has 1 aromatic rings. The molecule has 1 amide bonds. The SMILES string of the molecule is CC(CC(=O)O)C(=O)NCCc1cccc(F)c1. The Bertz CT molecular complexity index is 434. The Labute approximate surface area is 105 Å². The number of benzene rings is 1. The number of carboxylic acid groups (broad SMARTS) is 1. The number of carboxylic acids is 1. The van der Waals surface area contributed by atoms with Gasteiger partial charge in [-0.1, -0.05) is 19.1 Å². The molecule has 0 aliphatic heterocycles. The highest BCUT2D eigenvalue weighted by Gasteiger charge is 2.15. The Kier molecular flexibility index (Phi) is 5.30. The normalized spacial score (nSPS) is 11.9. The molecule has 1 rings (SSSR count). The molecule has 98 valence electrons. The maximum atomic E-state index is 12.9. The summed E-state index contributed by atoms with van der Waals surface area (Å²) in [5, 5.41) is 11.2. The van der Waals surface area contributed by atoms with Gasteiger partial charge in [-0.15, -0.1) is 0 Å². The monoisotopic (exact) mass is 253 g/mol. The zero-order valence-corrected chi connectivity index (χ0v) is 10.1. The van der Waals surface area contributed by atoms with Crippen molar-refractivity contribution in [3.05, 3.63) is 35.6 Å². The van der Waals surface area contributed by atoms with Crippen molar-refractivity contribution in [2.45, 2.75) is 19.8 Å². The summed E-state index contributed by atoms with van der Waals surface area (Å²) >= 11 is 0. The van der Waals surface area contributed by atoms with E-state index in [9.17, 15) is 14.0 Å². The first-order chi connectivity index (χ1) is 8.49. The second kappa shape index (κ2) is 6.74. The fourth-order valence-corrected chi connectivity index (χ4v) is 1.55. The number of hydrogen-bond acceptors (Lipinski definition) is 2. The number of nitrogens with one attached hydrogen (secondary N) is 1. The van der Waals surface area contributed by atoms with Crippen molar-refractivity contribution in [1.29, 1.82) is 0 Å². The molecule has 0 aliphatic carbocycles. The highest BCUT2D eigenvalue weighted by molar-refractivity contribution is 5.82. The molecule has 1 aromatic carbocycles. The van der Waals surface area contributed by atoms with Crippen molar-refractivity contribution in [3.63, 3.8) is 0 Å².